The topological polar surface area (TPSA) is 102 Å². The number of nitrogens with zero attached hydrogens (tertiary/aromatic N) is 1. The third-order valence-corrected chi connectivity index (χ3v) is 2.95. The maximum absolute atomic E-state index is 12.1. The van der Waals surface area contributed by atoms with Gasteiger partial charge in [0.1, 0.15) is 11.5 Å². The second kappa shape index (κ2) is 6.76. The molecule has 7 nitrogen and oxygen atoms in total. The number of hydrogen-bond acceptors (Lipinski definition) is 5. The van der Waals surface area contributed by atoms with Gasteiger partial charge < -0.3 is 25.5 Å². The van der Waals surface area contributed by atoms with Crippen LogP contribution >= 0.6 is 0 Å². The second-order valence-electron chi connectivity index (χ2n) is 4.48. The van der Waals surface area contributed by atoms with Crippen LogP contribution in [0.2, 0.25) is 0 Å². The van der Waals surface area contributed by atoms with Crippen LogP contribution in [-0.4, -0.2) is 36.1 Å². The molecule has 2 aromatic rings. The Kier molecular flexibility index (Phi) is 4.78. The van der Waals surface area contributed by atoms with Gasteiger partial charge in [0, 0.05) is 42.2 Å². The van der Waals surface area contributed by atoms with Crippen molar-refractivity contribution in [3.8, 4) is 11.5 Å². The van der Waals surface area contributed by atoms with Crippen molar-refractivity contribution in [3.63, 3.8) is 0 Å². The van der Waals surface area contributed by atoms with Gasteiger partial charge in [-0.05, 0) is 0 Å². The van der Waals surface area contributed by atoms with Crippen LogP contribution in [0.25, 0.3) is 0 Å². The molecule has 0 radical (unpaired) electrons. The van der Waals surface area contributed by atoms with Crippen molar-refractivity contribution < 1.29 is 14.3 Å². The lowest BCUT2D eigenvalue weighted by Crippen LogP contribution is -2.37. The van der Waals surface area contributed by atoms with Gasteiger partial charge >= 0.3 is 0 Å². The number of H-pyrrole nitrogens is 1. The normalized spacial score (nSPS) is 11.8. The molecular weight excluding hydrogens is 272 g/mol. The van der Waals surface area contributed by atoms with Crippen LogP contribution in [0.3, 0.4) is 0 Å². The van der Waals surface area contributed by atoms with Crippen molar-refractivity contribution in [1.29, 1.82) is 0 Å². The number of nitrogens with two attached hydrogens (primary N) is 1. The third-order valence-electron chi connectivity index (χ3n) is 2.95. The summed E-state index contributed by atoms with van der Waals surface area (Å²) in [6.45, 7) is 0. The minimum absolute atomic E-state index is 0.292. The number of nitrogens with one attached hydrogen (secondary N) is 2. The molecule has 0 aliphatic rings. The van der Waals surface area contributed by atoms with Crippen LogP contribution in [0.1, 0.15) is 5.69 Å². The summed E-state index contributed by atoms with van der Waals surface area (Å²) >= 11 is 0. The van der Waals surface area contributed by atoms with Gasteiger partial charge in [-0.1, -0.05) is 0 Å². The third kappa shape index (κ3) is 3.96. The molecule has 1 atom stereocenters. The first-order chi connectivity index (χ1) is 10.1. The van der Waals surface area contributed by atoms with E-state index in [2.05, 4.69) is 15.3 Å². The number of benzene rings is 1. The number of carbonyl (C=O) groups excluding carboxylic acids is 1. The van der Waals surface area contributed by atoms with Crippen molar-refractivity contribution in [3.05, 3.63) is 36.4 Å². The maximum atomic E-state index is 12.1. The summed E-state index contributed by atoms with van der Waals surface area (Å²) in [6, 6.07) is 4.44. The van der Waals surface area contributed by atoms with E-state index in [1.165, 1.54) is 0 Å². The second-order valence-corrected chi connectivity index (χ2v) is 4.48. The number of methoxy groups -OCH3 is 2. The van der Waals surface area contributed by atoms with Gasteiger partial charge in [0.15, 0.2) is 0 Å². The van der Waals surface area contributed by atoms with Gasteiger partial charge in [-0.2, -0.15) is 0 Å². The zero-order valence-corrected chi connectivity index (χ0v) is 11.9. The summed E-state index contributed by atoms with van der Waals surface area (Å²) in [6.07, 6.45) is 3.57. The summed E-state index contributed by atoms with van der Waals surface area (Å²) in [5.74, 6) is 0.887. The molecule has 1 heterocycles. The molecule has 0 saturated carbocycles. The first kappa shape index (κ1) is 14.9. The standard InChI is InChI=1S/C14H18N4O3/c1-20-11-3-9(4-12(6-11)21-2)18-14(19)13(15)5-10-7-16-8-17-10/h3-4,6-8,13H,5,15H2,1-2H3,(H,16,17)(H,18,19)/t13-/m0/s1. The van der Waals surface area contributed by atoms with Gasteiger partial charge in [0.2, 0.25) is 5.91 Å². The van der Waals surface area contributed by atoms with Crippen molar-refractivity contribution in [2.24, 2.45) is 5.73 Å². The van der Waals surface area contributed by atoms with E-state index in [1.807, 2.05) is 0 Å². The number of aromatic amines is 1. The Bertz CT molecular complexity index is 576. The highest BCUT2D eigenvalue weighted by molar-refractivity contribution is 5.95. The summed E-state index contributed by atoms with van der Waals surface area (Å²) < 4.78 is 10.3. The molecule has 7 heteroatoms. The highest BCUT2D eigenvalue weighted by atomic mass is 16.5. The molecule has 112 valence electrons. The van der Waals surface area contributed by atoms with E-state index in [0.29, 0.717) is 23.6 Å². The Labute approximate surface area is 122 Å². The molecule has 2 rings (SSSR count). The zero-order chi connectivity index (χ0) is 15.2. The Morgan fingerprint density at radius 1 is 1.33 bits per heavy atom. The summed E-state index contributed by atoms with van der Waals surface area (Å²) in [7, 11) is 3.09. The fourth-order valence-corrected chi connectivity index (χ4v) is 1.84. The molecule has 0 unspecified atom stereocenters. The van der Waals surface area contributed by atoms with Gasteiger partial charge in [-0.15, -0.1) is 0 Å². The number of aromatic nitrogens is 2. The molecule has 4 N–H and O–H groups in total. The van der Waals surface area contributed by atoms with E-state index in [4.69, 9.17) is 15.2 Å². The molecule has 21 heavy (non-hydrogen) atoms. The molecule has 0 spiro atoms. The minimum atomic E-state index is -0.678. The fraction of sp³-hybridized carbons (Fsp3) is 0.286. The zero-order valence-electron chi connectivity index (χ0n) is 11.9. The molecule has 0 saturated heterocycles. The highest BCUT2D eigenvalue weighted by Crippen LogP contribution is 2.25. The maximum Gasteiger partial charge on any atom is 0.241 e. The van der Waals surface area contributed by atoms with Crippen molar-refractivity contribution >= 4 is 11.6 Å². The molecule has 0 bridgehead atoms. The van der Waals surface area contributed by atoms with Crippen LogP contribution < -0.4 is 20.5 Å². The molecule has 0 aliphatic carbocycles. The Morgan fingerprint density at radius 2 is 2.00 bits per heavy atom. The van der Waals surface area contributed by atoms with Gasteiger partial charge in [-0.3, -0.25) is 4.79 Å². The van der Waals surface area contributed by atoms with Gasteiger partial charge in [0.25, 0.3) is 0 Å². The van der Waals surface area contributed by atoms with Gasteiger partial charge in [0.05, 0.1) is 26.6 Å². The summed E-state index contributed by atoms with van der Waals surface area (Å²) in [5, 5.41) is 2.75. The summed E-state index contributed by atoms with van der Waals surface area (Å²) in [5.41, 5.74) is 7.25. The molecule has 1 aromatic heterocycles. The van der Waals surface area contributed by atoms with Crippen molar-refractivity contribution in [2.75, 3.05) is 19.5 Å². The average Bonchev–Trinajstić information content (AvgIpc) is 2.99. The van der Waals surface area contributed by atoms with Crippen LogP contribution in [-0.2, 0) is 11.2 Å². The number of hydrogen-bond donors (Lipinski definition) is 3. The summed E-state index contributed by atoms with van der Waals surface area (Å²) in [4.78, 5) is 18.9. The lowest BCUT2D eigenvalue weighted by molar-refractivity contribution is -0.117. The van der Waals surface area contributed by atoms with Crippen molar-refractivity contribution in [1.82, 2.24) is 9.97 Å². The van der Waals surface area contributed by atoms with E-state index in [9.17, 15) is 4.79 Å². The smallest absolute Gasteiger partial charge is 0.241 e. The van der Waals surface area contributed by atoms with Crippen LogP contribution in [0.4, 0.5) is 5.69 Å². The van der Waals surface area contributed by atoms with Crippen LogP contribution in [0, 0.1) is 0 Å². The predicted octanol–water partition coefficient (Wildman–Crippen LogP) is 0.935. The number of carbonyl (C=O) groups is 1. The molecular formula is C14H18N4O3. The van der Waals surface area contributed by atoms with Crippen molar-refractivity contribution in [2.45, 2.75) is 12.5 Å². The Morgan fingerprint density at radius 3 is 2.52 bits per heavy atom. The van der Waals surface area contributed by atoms with Crippen LogP contribution in [0.15, 0.2) is 30.7 Å². The average molecular weight is 290 g/mol. The minimum Gasteiger partial charge on any atom is -0.497 e. The number of rotatable bonds is 6. The predicted molar refractivity (Wildman–Crippen MR) is 78.4 cm³/mol. The lowest BCUT2D eigenvalue weighted by atomic mass is 10.1. The van der Waals surface area contributed by atoms with E-state index < -0.39 is 6.04 Å². The SMILES string of the molecule is COc1cc(NC(=O)[C@@H](N)Cc2cnc[nH]2)cc(OC)c1. The van der Waals surface area contributed by atoms with E-state index in [1.54, 1.807) is 44.9 Å². The largest absolute Gasteiger partial charge is 0.497 e. The number of amides is 1. The Balaban J connectivity index is 2.04. The molecule has 0 aliphatic heterocycles. The monoisotopic (exact) mass is 290 g/mol. The molecule has 0 fully saturated rings. The van der Waals surface area contributed by atoms with Crippen LogP contribution in [0.5, 0.6) is 11.5 Å². The first-order valence-corrected chi connectivity index (χ1v) is 6.39. The number of imidazole rings is 1. The Hall–Kier alpha value is -2.54. The molecule has 1 aromatic carbocycles. The number of anilines is 1. The fourth-order valence-electron chi connectivity index (χ4n) is 1.84. The van der Waals surface area contributed by atoms with E-state index in [0.717, 1.165) is 5.69 Å². The van der Waals surface area contributed by atoms with E-state index >= 15 is 0 Å². The number of ether oxygens (including phenoxy) is 2. The quantitative estimate of drug-likeness (QED) is 0.734. The lowest BCUT2D eigenvalue weighted by Gasteiger charge is -2.13. The van der Waals surface area contributed by atoms with Gasteiger partial charge in [-0.25, -0.2) is 4.98 Å². The van der Waals surface area contributed by atoms with E-state index in [-0.39, 0.29) is 5.91 Å². The molecule has 1 amide bonds. The first-order valence-electron chi connectivity index (χ1n) is 6.39. The highest BCUT2D eigenvalue weighted by Gasteiger charge is 2.15.